The molecule has 2 heterocycles. The predicted molar refractivity (Wildman–Crippen MR) is 79.7 cm³/mol. The molecule has 2 aromatic heterocycles. The minimum atomic E-state index is -0.0570. The van der Waals surface area contributed by atoms with Crippen LogP contribution in [0.15, 0.2) is 47.2 Å². The Morgan fingerprint density at radius 3 is 2.63 bits per heavy atom. The van der Waals surface area contributed by atoms with Crippen molar-refractivity contribution in [3.8, 4) is 10.6 Å². The lowest BCUT2D eigenvalue weighted by atomic mass is 10.2. The number of nitrogens with zero attached hydrogens (tertiary/aromatic N) is 1. The smallest absolute Gasteiger partial charge is 0.207 e. The van der Waals surface area contributed by atoms with Crippen LogP contribution in [0.25, 0.3) is 10.6 Å². The molecule has 0 spiro atoms. The van der Waals surface area contributed by atoms with Crippen LogP contribution in [0.5, 0.6) is 0 Å². The molecule has 0 unspecified atom stereocenters. The Hall–Kier alpha value is -1.98. The lowest BCUT2D eigenvalue weighted by Gasteiger charge is -1.94. The molecule has 0 aliphatic heterocycles. The van der Waals surface area contributed by atoms with Crippen LogP contribution in [0.3, 0.4) is 0 Å². The van der Waals surface area contributed by atoms with Gasteiger partial charge in [0.25, 0.3) is 0 Å². The molecule has 0 saturated carbocycles. The molecular formula is C14H10N2OS2. The van der Waals surface area contributed by atoms with Crippen molar-refractivity contribution in [3.05, 3.63) is 57.6 Å². The molecule has 0 radical (unpaired) electrons. The summed E-state index contributed by atoms with van der Waals surface area (Å²) in [5.41, 5.74) is 7.51. The molecule has 3 rings (SSSR count). The fourth-order valence-electron chi connectivity index (χ4n) is 1.72. The third kappa shape index (κ3) is 2.30. The van der Waals surface area contributed by atoms with Crippen molar-refractivity contribution in [2.45, 2.75) is 0 Å². The van der Waals surface area contributed by atoms with Crippen LogP contribution >= 0.6 is 22.7 Å². The molecule has 0 fully saturated rings. The maximum absolute atomic E-state index is 12.3. The van der Waals surface area contributed by atoms with E-state index in [1.54, 1.807) is 6.07 Å². The van der Waals surface area contributed by atoms with Crippen molar-refractivity contribution in [1.29, 1.82) is 0 Å². The van der Waals surface area contributed by atoms with Gasteiger partial charge in [-0.3, -0.25) is 4.79 Å². The standard InChI is InChI=1S/C14H10N2OS2/c15-13-12(11(17)10-6-7-18-8-10)19-14(16-13)9-4-2-1-3-5-9/h1-8H,15H2. The molecule has 19 heavy (non-hydrogen) atoms. The number of hydrogen-bond acceptors (Lipinski definition) is 5. The third-order valence-electron chi connectivity index (χ3n) is 2.66. The van der Waals surface area contributed by atoms with Crippen LogP contribution in [-0.2, 0) is 0 Å². The summed E-state index contributed by atoms with van der Waals surface area (Å²) in [6.07, 6.45) is 0. The Morgan fingerprint density at radius 1 is 1.16 bits per heavy atom. The molecule has 0 amide bonds. The maximum atomic E-state index is 12.3. The van der Waals surface area contributed by atoms with Gasteiger partial charge in [-0.2, -0.15) is 11.3 Å². The van der Waals surface area contributed by atoms with Gasteiger partial charge >= 0.3 is 0 Å². The number of rotatable bonds is 3. The molecule has 0 bridgehead atoms. The van der Waals surface area contributed by atoms with Crippen molar-refractivity contribution < 1.29 is 4.79 Å². The van der Waals surface area contributed by atoms with Gasteiger partial charge in [0.15, 0.2) is 0 Å². The van der Waals surface area contributed by atoms with Gasteiger partial charge < -0.3 is 5.73 Å². The van der Waals surface area contributed by atoms with E-state index in [9.17, 15) is 4.79 Å². The quantitative estimate of drug-likeness (QED) is 0.747. The Morgan fingerprint density at radius 2 is 1.95 bits per heavy atom. The molecule has 3 nitrogen and oxygen atoms in total. The van der Waals surface area contributed by atoms with E-state index in [0.29, 0.717) is 16.3 Å². The Labute approximate surface area is 118 Å². The number of nitrogen functional groups attached to an aromatic ring is 1. The summed E-state index contributed by atoms with van der Waals surface area (Å²) >= 11 is 2.83. The van der Waals surface area contributed by atoms with E-state index in [4.69, 9.17) is 5.73 Å². The van der Waals surface area contributed by atoms with Gasteiger partial charge in [-0.15, -0.1) is 11.3 Å². The zero-order chi connectivity index (χ0) is 13.2. The summed E-state index contributed by atoms with van der Waals surface area (Å²) in [7, 11) is 0. The number of thiazole rings is 1. The van der Waals surface area contributed by atoms with E-state index < -0.39 is 0 Å². The van der Waals surface area contributed by atoms with E-state index in [1.165, 1.54) is 22.7 Å². The number of ketones is 1. The minimum Gasteiger partial charge on any atom is -0.382 e. The van der Waals surface area contributed by atoms with Crippen molar-refractivity contribution in [2.75, 3.05) is 5.73 Å². The molecule has 2 N–H and O–H groups in total. The monoisotopic (exact) mass is 286 g/mol. The molecule has 0 atom stereocenters. The Bertz CT molecular complexity index is 702. The highest BCUT2D eigenvalue weighted by Crippen LogP contribution is 2.31. The molecule has 94 valence electrons. The van der Waals surface area contributed by atoms with Crippen LogP contribution in [0.4, 0.5) is 5.82 Å². The molecule has 3 aromatic rings. The minimum absolute atomic E-state index is 0.0570. The van der Waals surface area contributed by atoms with Gasteiger partial charge in [-0.1, -0.05) is 30.3 Å². The van der Waals surface area contributed by atoms with Gasteiger partial charge in [0.2, 0.25) is 5.78 Å². The number of nitrogens with two attached hydrogens (primary N) is 1. The number of carbonyl (C=O) groups is 1. The third-order valence-corrected chi connectivity index (χ3v) is 4.47. The summed E-state index contributed by atoms with van der Waals surface area (Å²) in [6.45, 7) is 0. The summed E-state index contributed by atoms with van der Waals surface area (Å²) < 4.78 is 0. The Balaban J connectivity index is 2.01. The zero-order valence-corrected chi connectivity index (χ0v) is 11.5. The first-order valence-corrected chi connectivity index (χ1v) is 7.40. The first-order chi connectivity index (χ1) is 9.25. The van der Waals surface area contributed by atoms with Crippen LogP contribution < -0.4 is 5.73 Å². The van der Waals surface area contributed by atoms with E-state index in [1.807, 2.05) is 41.1 Å². The fraction of sp³-hybridized carbons (Fsp3) is 0. The number of anilines is 1. The molecule has 0 saturated heterocycles. The molecule has 1 aromatic carbocycles. The fourth-order valence-corrected chi connectivity index (χ4v) is 3.31. The number of aromatic nitrogens is 1. The maximum Gasteiger partial charge on any atom is 0.207 e. The molecule has 0 aliphatic carbocycles. The van der Waals surface area contributed by atoms with Crippen molar-refractivity contribution in [1.82, 2.24) is 4.98 Å². The van der Waals surface area contributed by atoms with E-state index >= 15 is 0 Å². The number of benzene rings is 1. The van der Waals surface area contributed by atoms with Gasteiger partial charge in [-0.25, -0.2) is 4.98 Å². The van der Waals surface area contributed by atoms with Crippen molar-refractivity contribution in [2.24, 2.45) is 0 Å². The molecule has 5 heteroatoms. The zero-order valence-electron chi connectivity index (χ0n) is 9.87. The summed E-state index contributed by atoms with van der Waals surface area (Å²) in [6, 6.07) is 11.5. The predicted octanol–water partition coefficient (Wildman–Crippen LogP) is 3.68. The average molecular weight is 286 g/mol. The first kappa shape index (κ1) is 12.1. The highest BCUT2D eigenvalue weighted by molar-refractivity contribution is 7.17. The van der Waals surface area contributed by atoms with Crippen LogP contribution in [0.2, 0.25) is 0 Å². The van der Waals surface area contributed by atoms with Crippen LogP contribution in [-0.4, -0.2) is 10.8 Å². The SMILES string of the molecule is Nc1nc(-c2ccccc2)sc1C(=O)c1ccsc1. The van der Waals surface area contributed by atoms with E-state index in [2.05, 4.69) is 4.98 Å². The second kappa shape index (κ2) is 4.95. The average Bonchev–Trinajstić information content (AvgIpc) is 3.08. The summed E-state index contributed by atoms with van der Waals surface area (Å²) in [5.74, 6) is 0.249. The van der Waals surface area contributed by atoms with Gasteiger partial charge in [0.1, 0.15) is 15.7 Å². The van der Waals surface area contributed by atoms with E-state index in [-0.39, 0.29) is 5.78 Å². The van der Waals surface area contributed by atoms with Crippen molar-refractivity contribution in [3.63, 3.8) is 0 Å². The summed E-state index contributed by atoms with van der Waals surface area (Å²) in [5, 5.41) is 4.48. The lowest BCUT2D eigenvalue weighted by Crippen LogP contribution is -2.00. The molecule has 0 aliphatic rings. The molecular weight excluding hydrogens is 276 g/mol. The van der Waals surface area contributed by atoms with Crippen LogP contribution in [0.1, 0.15) is 15.2 Å². The normalized spacial score (nSPS) is 10.5. The summed E-state index contributed by atoms with van der Waals surface area (Å²) in [4.78, 5) is 17.1. The number of thiophene rings is 1. The highest BCUT2D eigenvalue weighted by atomic mass is 32.1. The first-order valence-electron chi connectivity index (χ1n) is 5.64. The van der Waals surface area contributed by atoms with Crippen molar-refractivity contribution >= 4 is 34.3 Å². The highest BCUT2D eigenvalue weighted by Gasteiger charge is 2.18. The lowest BCUT2D eigenvalue weighted by molar-refractivity contribution is 0.104. The Kier molecular flexibility index (Phi) is 3.15. The largest absolute Gasteiger partial charge is 0.382 e. The van der Waals surface area contributed by atoms with E-state index in [0.717, 1.165) is 10.6 Å². The number of carbonyl (C=O) groups excluding carboxylic acids is 1. The second-order valence-electron chi connectivity index (χ2n) is 3.94. The van der Waals surface area contributed by atoms with Gasteiger partial charge in [0.05, 0.1) is 0 Å². The number of hydrogen-bond donors (Lipinski definition) is 1. The van der Waals surface area contributed by atoms with Crippen LogP contribution in [0, 0.1) is 0 Å². The second-order valence-corrected chi connectivity index (χ2v) is 5.72. The topological polar surface area (TPSA) is 56.0 Å². The van der Waals surface area contributed by atoms with Gasteiger partial charge in [-0.05, 0) is 11.4 Å². The van der Waals surface area contributed by atoms with Gasteiger partial charge in [0, 0.05) is 16.5 Å².